The van der Waals surface area contributed by atoms with Crippen LogP contribution in [0.15, 0.2) is 15.9 Å². The van der Waals surface area contributed by atoms with Gasteiger partial charge in [0, 0.05) is 27.3 Å². The van der Waals surface area contributed by atoms with Crippen molar-refractivity contribution < 1.29 is 0 Å². The van der Waals surface area contributed by atoms with E-state index in [0.717, 1.165) is 19.5 Å². The van der Waals surface area contributed by atoms with E-state index in [0.29, 0.717) is 6.04 Å². The first-order chi connectivity index (χ1) is 7.08. The third-order valence-corrected chi connectivity index (χ3v) is 3.93. The van der Waals surface area contributed by atoms with Crippen molar-refractivity contribution in [1.82, 2.24) is 4.90 Å². The smallest absolute Gasteiger partial charge is 0.0325 e. The Morgan fingerprint density at radius 1 is 1.60 bits per heavy atom. The molecule has 0 spiro atoms. The van der Waals surface area contributed by atoms with Crippen LogP contribution in [0.4, 0.5) is 0 Å². The molecule has 0 aromatic carbocycles. The SMILES string of the molecule is CC(N)CCCN(C)Cc1cc(Br)cs1. The maximum Gasteiger partial charge on any atom is 0.0325 e. The molecule has 1 aromatic rings. The van der Waals surface area contributed by atoms with Gasteiger partial charge in [-0.05, 0) is 55.4 Å². The van der Waals surface area contributed by atoms with Crippen molar-refractivity contribution in [2.45, 2.75) is 32.4 Å². The molecule has 15 heavy (non-hydrogen) atoms. The molecule has 0 saturated carbocycles. The predicted molar refractivity (Wildman–Crippen MR) is 71.2 cm³/mol. The van der Waals surface area contributed by atoms with Gasteiger partial charge >= 0.3 is 0 Å². The van der Waals surface area contributed by atoms with E-state index in [1.165, 1.54) is 15.8 Å². The fourth-order valence-electron chi connectivity index (χ4n) is 1.46. The Morgan fingerprint density at radius 2 is 2.33 bits per heavy atom. The van der Waals surface area contributed by atoms with Crippen molar-refractivity contribution in [1.29, 1.82) is 0 Å². The van der Waals surface area contributed by atoms with E-state index < -0.39 is 0 Å². The summed E-state index contributed by atoms with van der Waals surface area (Å²) in [5.74, 6) is 0. The lowest BCUT2D eigenvalue weighted by molar-refractivity contribution is 0.318. The summed E-state index contributed by atoms with van der Waals surface area (Å²) in [4.78, 5) is 3.76. The van der Waals surface area contributed by atoms with Crippen LogP contribution in [0.25, 0.3) is 0 Å². The zero-order valence-electron chi connectivity index (χ0n) is 9.37. The van der Waals surface area contributed by atoms with Crippen LogP contribution >= 0.6 is 27.3 Å². The first-order valence-corrected chi connectivity index (χ1v) is 6.92. The number of rotatable bonds is 6. The van der Waals surface area contributed by atoms with E-state index in [1.54, 1.807) is 11.3 Å². The molecule has 1 atom stereocenters. The van der Waals surface area contributed by atoms with Gasteiger partial charge in [-0.25, -0.2) is 0 Å². The highest BCUT2D eigenvalue weighted by Gasteiger charge is 2.03. The second-order valence-electron chi connectivity index (χ2n) is 4.09. The minimum atomic E-state index is 0.328. The molecule has 0 aliphatic heterocycles. The zero-order chi connectivity index (χ0) is 11.3. The lowest BCUT2D eigenvalue weighted by Gasteiger charge is -2.15. The fourth-order valence-corrected chi connectivity index (χ4v) is 3.00. The molecule has 2 N–H and O–H groups in total. The van der Waals surface area contributed by atoms with Crippen LogP contribution in [0.5, 0.6) is 0 Å². The van der Waals surface area contributed by atoms with Crippen LogP contribution in [-0.2, 0) is 6.54 Å². The van der Waals surface area contributed by atoms with Crippen molar-refractivity contribution >= 4 is 27.3 Å². The molecule has 86 valence electrons. The minimum Gasteiger partial charge on any atom is -0.328 e. The number of nitrogens with two attached hydrogens (primary N) is 1. The van der Waals surface area contributed by atoms with Crippen LogP contribution in [0, 0.1) is 0 Å². The molecule has 1 heterocycles. The highest BCUT2D eigenvalue weighted by Crippen LogP contribution is 2.20. The molecule has 0 saturated heterocycles. The largest absolute Gasteiger partial charge is 0.328 e. The standard InChI is InChI=1S/C11H19BrN2S/c1-9(13)4-3-5-14(2)7-11-6-10(12)8-15-11/h6,8-9H,3-5,7,13H2,1-2H3. The Hall–Kier alpha value is 0.1000. The lowest BCUT2D eigenvalue weighted by atomic mass is 10.2. The van der Waals surface area contributed by atoms with Gasteiger partial charge in [0.05, 0.1) is 0 Å². The van der Waals surface area contributed by atoms with Gasteiger partial charge in [-0.3, -0.25) is 0 Å². The Bertz CT molecular complexity index is 286. The van der Waals surface area contributed by atoms with Gasteiger partial charge in [-0.2, -0.15) is 0 Å². The lowest BCUT2D eigenvalue weighted by Crippen LogP contribution is -2.21. The molecule has 0 bridgehead atoms. The van der Waals surface area contributed by atoms with Crippen molar-refractivity contribution in [2.75, 3.05) is 13.6 Å². The average molecular weight is 291 g/mol. The topological polar surface area (TPSA) is 29.3 Å². The Balaban J connectivity index is 2.21. The van der Waals surface area contributed by atoms with Crippen LogP contribution in [0.1, 0.15) is 24.6 Å². The van der Waals surface area contributed by atoms with Gasteiger partial charge in [-0.15, -0.1) is 11.3 Å². The molecular formula is C11H19BrN2S. The van der Waals surface area contributed by atoms with E-state index in [1.807, 2.05) is 0 Å². The minimum absolute atomic E-state index is 0.328. The number of thiophene rings is 1. The van der Waals surface area contributed by atoms with E-state index in [4.69, 9.17) is 5.73 Å². The molecule has 0 aliphatic rings. The summed E-state index contributed by atoms with van der Waals surface area (Å²) in [6.45, 7) is 4.22. The first-order valence-electron chi connectivity index (χ1n) is 5.25. The van der Waals surface area contributed by atoms with Crippen molar-refractivity contribution in [2.24, 2.45) is 5.73 Å². The Labute approximate surface area is 105 Å². The van der Waals surface area contributed by atoms with Crippen LogP contribution in [0.3, 0.4) is 0 Å². The first kappa shape index (κ1) is 13.2. The number of halogens is 1. The molecule has 1 aromatic heterocycles. The molecule has 0 radical (unpaired) electrons. The van der Waals surface area contributed by atoms with Crippen molar-refractivity contribution in [3.63, 3.8) is 0 Å². The maximum absolute atomic E-state index is 5.71. The van der Waals surface area contributed by atoms with Gasteiger partial charge in [0.1, 0.15) is 0 Å². The van der Waals surface area contributed by atoms with Crippen molar-refractivity contribution in [3.05, 3.63) is 20.8 Å². The van der Waals surface area contributed by atoms with Crippen LogP contribution < -0.4 is 5.73 Å². The molecule has 1 rings (SSSR count). The fraction of sp³-hybridized carbons (Fsp3) is 0.636. The molecule has 4 heteroatoms. The number of nitrogens with zero attached hydrogens (tertiary/aromatic N) is 1. The number of hydrogen-bond donors (Lipinski definition) is 1. The molecule has 0 fully saturated rings. The summed E-state index contributed by atoms with van der Waals surface area (Å²) in [6.07, 6.45) is 2.29. The van der Waals surface area contributed by atoms with Crippen LogP contribution in [0.2, 0.25) is 0 Å². The van der Waals surface area contributed by atoms with Gasteiger partial charge < -0.3 is 10.6 Å². The van der Waals surface area contributed by atoms with E-state index in [-0.39, 0.29) is 0 Å². The summed E-state index contributed by atoms with van der Waals surface area (Å²) in [7, 11) is 2.16. The number of hydrogen-bond acceptors (Lipinski definition) is 3. The average Bonchev–Trinajstić information content (AvgIpc) is 2.50. The molecular weight excluding hydrogens is 272 g/mol. The van der Waals surface area contributed by atoms with Gasteiger partial charge in [0.2, 0.25) is 0 Å². The second-order valence-corrected chi connectivity index (χ2v) is 6.00. The predicted octanol–water partition coefficient (Wildman–Crippen LogP) is 3.07. The van der Waals surface area contributed by atoms with Gasteiger partial charge in [-0.1, -0.05) is 0 Å². The summed E-state index contributed by atoms with van der Waals surface area (Å²) in [5.41, 5.74) is 5.71. The van der Waals surface area contributed by atoms with Crippen LogP contribution in [-0.4, -0.2) is 24.5 Å². The summed E-state index contributed by atoms with van der Waals surface area (Å²) in [5, 5.41) is 2.13. The van der Waals surface area contributed by atoms with Gasteiger partial charge in [0.15, 0.2) is 0 Å². The highest BCUT2D eigenvalue weighted by molar-refractivity contribution is 9.10. The molecule has 2 nitrogen and oxygen atoms in total. The molecule has 0 aliphatic carbocycles. The summed E-state index contributed by atoms with van der Waals surface area (Å²) < 4.78 is 1.19. The Kier molecular flexibility index (Phi) is 5.82. The van der Waals surface area contributed by atoms with E-state index in [9.17, 15) is 0 Å². The normalized spacial score (nSPS) is 13.4. The third-order valence-electron chi connectivity index (χ3n) is 2.25. The van der Waals surface area contributed by atoms with E-state index in [2.05, 4.69) is 46.2 Å². The maximum atomic E-state index is 5.71. The quantitative estimate of drug-likeness (QED) is 0.872. The monoisotopic (exact) mass is 290 g/mol. The van der Waals surface area contributed by atoms with Crippen molar-refractivity contribution in [3.8, 4) is 0 Å². The van der Waals surface area contributed by atoms with E-state index >= 15 is 0 Å². The Morgan fingerprint density at radius 3 is 2.87 bits per heavy atom. The molecule has 1 unspecified atom stereocenters. The second kappa shape index (κ2) is 6.63. The zero-order valence-corrected chi connectivity index (χ0v) is 11.8. The summed E-state index contributed by atoms with van der Waals surface area (Å²) >= 11 is 5.27. The third kappa shape index (κ3) is 5.66. The van der Waals surface area contributed by atoms with Gasteiger partial charge in [0.25, 0.3) is 0 Å². The molecule has 0 amide bonds. The highest BCUT2D eigenvalue weighted by atomic mass is 79.9. The summed E-state index contributed by atoms with van der Waals surface area (Å²) in [6, 6.07) is 2.52.